The van der Waals surface area contributed by atoms with Crippen molar-refractivity contribution in [2.75, 3.05) is 19.8 Å². The summed E-state index contributed by atoms with van der Waals surface area (Å²) in [7, 11) is 0. The average molecular weight is 220 g/mol. The van der Waals surface area contributed by atoms with Crippen molar-refractivity contribution >= 4 is 12.4 Å². The van der Waals surface area contributed by atoms with Gasteiger partial charge >= 0.3 is 12.4 Å². The molecule has 0 aliphatic carbocycles. The van der Waals surface area contributed by atoms with E-state index in [1.807, 2.05) is 0 Å². The van der Waals surface area contributed by atoms with Crippen LogP contribution < -0.4 is 0 Å². The smallest absolute Gasteiger partial charge is 0.313 e. The average Bonchev–Trinajstić information content (AvgIpc) is 2.25. The maximum absolute atomic E-state index is 10.8. The van der Waals surface area contributed by atoms with Gasteiger partial charge in [0.2, 0.25) is 0 Å². The van der Waals surface area contributed by atoms with E-state index in [2.05, 4.69) is 4.74 Å². The molecule has 3 N–H and O–H groups in total. The standard InChI is InChI=1S/C9H16O6/c10-4-9(5-11,6-12)3-1-2-8(14)15-7-13/h7,10-12H,1-6H2. The number of ether oxygens (including phenoxy) is 1. The molecule has 88 valence electrons. The molecule has 0 aliphatic rings. The highest BCUT2D eigenvalue weighted by molar-refractivity contribution is 5.76. The first-order chi connectivity index (χ1) is 7.14. The first kappa shape index (κ1) is 14.0. The molecule has 15 heavy (non-hydrogen) atoms. The highest BCUT2D eigenvalue weighted by Gasteiger charge is 2.27. The van der Waals surface area contributed by atoms with E-state index >= 15 is 0 Å². The molecule has 0 unspecified atom stereocenters. The lowest BCUT2D eigenvalue weighted by molar-refractivity contribution is -0.151. The molecule has 0 rings (SSSR count). The molecule has 0 saturated carbocycles. The van der Waals surface area contributed by atoms with Crippen molar-refractivity contribution in [2.45, 2.75) is 19.3 Å². The molecule has 0 radical (unpaired) electrons. The third-order valence-corrected chi connectivity index (χ3v) is 2.27. The number of aliphatic hydroxyl groups excluding tert-OH is 3. The van der Waals surface area contributed by atoms with E-state index in [4.69, 9.17) is 15.3 Å². The summed E-state index contributed by atoms with van der Waals surface area (Å²) in [4.78, 5) is 20.5. The molecule has 0 fully saturated rings. The monoisotopic (exact) mass is 220 g/mol. The SMILES string of the molecule is O=COC(=O)CCCC(CO)(CO)CO. The van der Waals surface area contributed by atoms with Gasteiger partial charge in [-0.05, 0) is 12.8 Å². The lowest BCUT2D eigenvalue weighted by Crippen LogP contribution is -2.34. The van der Waals surface area contributed by atoms with Gasteiger partial charge in [-0.3, -0.25) is 9.59 Å². The second kappa shape index (κ2) is 7.33. The number of carbonyl (C=O) groups is 2. The van der Waals surface area contributed by atoms with Crippen molar-refractivity contribution in [1.82, 2.24) is 0 Å². The Morgan fingerprint density at radius 3 is 2.13 bits per heavy atom. The van der Waals surface area contributed by atoms with Crippen molar-refractivity contribution in [3.63, 3.8) is 0 Å². The van der Waals surface area contributed by atoms with Crippen molar-refractivity contribution < 1.29 is 29.6 Å². The fraction of sp³-hybridized carbons (Fsp3) is 0.778. The van der Waals surface area contributed by atoms with Gasteiger partial charge in [0.15, 0.2) is 0 Å². The highest BCUT2D eigenvalue weighted by atomic mass is 16.6. The zero-order valence-electron chi connectivity index (χ0n) is 8.39. The maximum Gasteiger partial charge on any atom is 0.313 e. The maximum atomic E-state index is 10.8. The van der Waals surface area contributed by atoms with Crippen molar-refractivity contribution in [3.8, 4) is 0 Å². The number of aliphatic hydroxyl groups is 3. The predicted molar refractivity (Wildman–Crippen MR) is 49.7 cm³/mol. The molecule has 6 nitrogen and oxygen atoms in total. The predicted octanol–water partition coefficient (Wildman–Crippen LogP) is -1.18. The van der Waals surface area contributed by atoms with E-state index < -0.39 is 11.4 Å². The van der Waals surface area contributed by atoms with Crippen LogP contribution in [0.1, 0.15) is 19.3 Å². The second-order valence-corrected chi connectivity index (χ2v) is 3.41. The summed E-state index contributed by atoms with van der Waals surface area (Å²) in [6, 6.07) is 0. The van der Waals surface area contributed by atoms with E-state index in [0.29, 0.717) is 6.42 Å². The molecule has 0 saturated heterocycles. The Hall–Kier alpha value is -0.980. The zero-order valence-corrected chi connectivity index (χ0v) is 8.39. The van der Waals surface area contributed by atoms with Crippen LogP contribution in [0.4, 0.5) is 0 Å². The molecular weight excluding hydrogens is 204 g/mol. The molecule has 0 bridgehead atoms. The zero-order chi connectivity index (χ0) is 11.7. The summed E-state index contributed by atoms with van der Waals surface area (Å²) in [6.07, 6.45) is 0.624. The molecule has 0 aromatic heterocycles. The summed E-state index contributed by atoms with van der Waals surface area (Å²) < 4.78 is 4.05. The fourth-order valence-electron chi connectivity index (χ4n) is 1.11. The van der Waals surface area contributed by atoms with E-state index in [0.717, 1.165) is 0 Å². The number of hydrogen-bond acceptors (Lipinski definition) is 6. The molecule has 0 aromatic rings. The Labute approximate surface area is 87.5 Å². The minimum Gasteiger partial charge on any atom is -0.396 e. The molecule has 0 heterocycles. The number of carbonyl (C=O) groups excluding carboxylic acids is 2. The van der Waals surface area contributed by atoms with Crippen LogP contribution in [0.25, 0.3) is 0 Å². The van der Waals surface area contributed by atoms with Gasteiger partial charge in [0.1, 0.15) is 0 Å². The minimum atomic E-state index is -0.971. The third kappa shape index (κ3) is 4.87. The Kier molecular flexibility index (Phi) is 6.85. The lowest BCUT2D eigenvalue weighted by atomic mass is 9.85. The Morgan fingerprint density at radius 1 is 1.20 bits per heavy atom. The Balaban J connectivity index is 3.90. The fourth-order valence-corrected chi connectivity index (χ4v) is 1.11. The van der Waals surface area contributed by atoms with Crippen LogP contribution in [-0.2, 0) is 14.3 Å². The van der Waals surface area contributed by atoms with E-state index in [1.165, 1.54) is 0 Å². The summed E-state index contributed by atoms with van der Waals surface area (Å²) in [6.45, 7) is -1.02. The van der Waals surface area contributed by atoms with Crippen molar-refractivity contribution in [3.05, 3.63) is 0 Å². The summed E-state index contributed by atoms with van der Waals surface area (Å²) in [5.74, 6) is -0.660. The molecule has 0 aliphatic heterocycles. The van der Waals surface area contributed by atoms with E-state index in [1.54, 1.807) is 0 Å². The van der Waals surface area contributed by atoms with Gasteiger partial charge in [-0.25, -0.2) is 0 Å². The number of hydrogen-bond donors (Lipinski definition) is 3. The van der Waals surface area contributed by atoms with Crippen LogP contribution in [0.15, 0.2) is 0 Å². The normalized spacial score (nSPS) is 11.1. The molecule has 0 aromatic carbocycles. The Morgan fingerprint density at radius 2 is 1.73 bits per heavy atom. The largest absolute Gasteiger partial charge is 0.396 e. The van der Waals surface area contributed by atoms with Crippen molar-refractivity contribution in [1.29, 1.82) is 0 Å². The van der Waals surface area contributed by atoms with Gasteiger partial charge in [-0.1, -0.05) is 0 Å². The summed E-state index contributed by atoms with van der Waals surface area (Å²) in [5, 5.41) is 26.9. The Bertz CT molecular complexity index is 191. The van der Waals surface area contributed by atoms with E-state index in [-0.39, 0.29) is 39.1 Å². The first-order valence-corrected chi connectivity index (χ1v) is 4.60. The minimum absolute atomic E-state index is 0.0144. The van der Waals surface area contributed by atoms with Crippen LogP contribution in [0.3, 0.4) is 0 Å². The van der Waals surface area contributed by atoms with Crippen LogP contribution in [0.5, 0.6) is 0 Å². The quantitative estimate of drug-likeness (QED) is 0.270. The van der Waals surface area contributed by atoms with Crippen molar-refractivity contribution in [2.24, 2.45) is 5.41 Å². The van der Waals surface area contributed by atoms with Crippen LogP contribution in [-0.4, -0.2) is 47.6 Å². The van der Waals surface area contributed by atoms with Gasteiger partial charge in [0.25, 0.3) is 0 Å². The van der Waals surface area contributed by atoms with Crippen LogP contribution in [0.2, 0.25) is 0 Å². The molecule has 0 amide bonds. The van der Waals surface area contributed by atoms with Gasteiger partial charge in [0.05, 0.1) is 19.8 Å². The second-order valence-electron chi connectivity index (χ2n) is 3.41. The third-order valence-electron chi connectivity index (χ3n) is 2.27. The topological polar surface area (TPSA) is 104 Å². The van der Waals surface area contributed by atoms with E-state index in [9.17, 15) is 9.59 Å². The summed E-state index contributed by atoms with van der Waals surface area (Å²) >= 11 is 0. The van der Waals surface area contributed by atoms with Crippen LogP contribution >= 0.6 is 0 Å². The molecule has 0 atom stereocenters. The highest BCUT2D eigenvalue weighted by Crippen LogP contribution is 2.22. The molecular formula is C9H16O6. The van der Waals surface area contributed by atoms with Gasteiger partial charge in [0, 0.05) is 11.8 Å². The van der Waals surface area contributed by atoms with Gasteiger partial charge < -0.3 is 20.1 Å². The van der Waals surface area contributed by atoms with Gasteiger partial charge in [-0.2, -0.15) is 0 Å². The lowest BCUT2D eigenvalue weighted by Gasteiger charge is -2.26. The van der Waals surface area contributed by atoms with Gasteiger partial charge in [-0.15, -0.1) is 0 Å². The molecule has 0 spiro atoms. The first-order valence-electron chi connectivity index (χ1n) is 4.60. The number of esters is 1. The molecule has 6 heteroatoms. The summed E-state index contributed by atoms with van der Waals surface area (Å²) in [5.41, 5.74) is -0.971. The number of rotatable bonds is 8. The van der Waals surface area contributed by atoms with Crippen LogP contribution in [0, 0.1) is 5.41 Å².